The third-order valence-electron chi connectivity index (χ3n) is 11.7. The van der Waals surface area contributed by atoms with E-state index in [1.165, 1.54) is 68.9 Å². The van der Waals surface area contributed by atoms with Gasteiger partial charge in [-0.1, -0.05) is 127 Å². The zero-order chi connectivity index (χ0) is 35.5. The number of furan rings is 1. The molecule has 54 heavy (non-hydrogen) atoms. The Morgan fingerprint density at radius 1 is 0.481 bits per heavy atom. The van der Waals surface area contributed by atoms with Crippen molar-refractivity contribution in [2.45, 2.75) is 22.1 Å². The highest BCUT2D eigenvalue weighted by Gasteiger charge is 2.50. The van der Waals surface area contributed by atoms with Gasteiger partial charge >= 0.3 is 0 Å². The first-order valence-electron chi connectivity index (χ1n) is 18.4. The van der Waals surface area contributed by atoms with Crippen LogP contribution in [0.3, 0.4) is 0 Å². The van der Waals surface area contributed by atoms with Crippen LogP contribution in [0.25, 0.3) is 53.2 Å². The van der Waals surface area contributed by atoms with E-state index in [0.717, 1.165) is 39.0 Å². The maximum Gasteiger partial charge on any atom is 0.159 e. The molecule has 8 aromatic carbocycles. The van der Waals surface area contributed by atoms with Crippen LogP contribution in [0, 0.1) is 6.92 Å². The molecule has 1 aliphatic heterocycles. The molecule has 0 saturated heterocycles. The summed E-state index contributed by atoms with van der Waals surface area (Å²) in [6, 6.07) is 62.8. The standard InChI is InChI=1S/C50H31NOS2/c1-30-13-2-8-20-42(30)51(43-21-12-17-36-34-15-4-9-22-44(34)52-49(36)43)31-25-26-33-32-14-3-6-18-38(32)50(40(33)27-31)39-19-7-11-24-46(39)54-48-28-37-35-16-5-10-23-45(35)53-47(37)29-41(48)50/h2-29H,1H3. The minimum absolute atomic E-state index is 0.508. The average Bonchev–Trinajstić information content (AvgIpc) is 3.87. The number of aryl methyl sites for hydroxylation is 1. The van der Waals surface area contributed by atoms with Crippen LogP contribution in [0.4, 0.5) is 17.1 Å². The van der Waals surface area contributed by atoms with Crippen molar-refractivity contribution in [3.8, 4) is 11.1 Å². The fraction of sp³-hybridized carbons (Fsp3) is 0.0400. The van der Waals surface area contributed by atoms with Crippen molar-refractivity contribution >= 4 is 82.3 Å². The van der Waals surface area contributed by atoms with Gasteiger partial charge in [-0.05, 0) is 100 Å². The van der Waals surface area contributed by atoms with Crippen LogP contribution in [-0.2, 0) is 5.41 Å². The van der Waals surface area contributed by atoms with Gasteiger partial charge in [0.05, 0.1) is 11.1 Å². The molecule has 0 amide bonds. The summed E-state index contributed by atoms with van der Waals surface area (Å²) in [5, 5.41) is 4.91. The molecular weight excluding hydrogens is 695 g/mol. The van der Waals surface area contributed by atoms with Gasteiger partial charge in [0.25, 0.3) is 0 Å². The number of rotatable bonds is 3. The Morgan fingerprint density at radius 3 is 2.13 bits per heavy atom. The first-order chi connectivity index (χ1) is 26.7. The van der Waals surface area contributed by atoms with Crippen LogP contribution < -0.4 is 4.90 Å². The van der Waals surface area contributed by atoms with E-state index in [1.54, 1.807) is 0 Å². The van der Waals surface area contributed by atoms with Crippen molar-refractivity contribution in [2.24, 2.45) is 0 Å². The SMILES string of the molecule is Cc1ccccc1N(c1ccc2c(c1)C1(c3ccccc3Sc3cc4c(cc31)sc1ccccc14)c1ccccc1-2)c1cccc2c1oc1ccccc12. The summed E-state index contributed by atoms with van der Waals surface area (Å²) < 4.78 is 9.37. The largest absolute Gasteiger partial charge is 0.454 e. The lowest BCUT2D eigenvalue weighted by atomic mass is 9.67. The molecule has 12 rings (SSSR count). The van der Waals surface area contributed by atoms with E-state index in [9.17, 15) is 0 Å². The fourth-order valence-corrected chi connectivity index (χ4v) is 11.7. The van der Waals surface area contributed by atoms with E-state index in [0.29, 0.717) is 0 Å². The van der Waals surface area contributed by atoms with Crippen molar-refractivity contribution in [1.82, 2.24) is 0 Å². The molecule has 1 unspecified atom stereocenters. The lowest BCUT2D eigenvalue weighted by Gasteiger charge is -2.40. The number of fused-ring (bicyclic) bond motifs is 15. The number of para-hydroxylation sites is 3. The maximum atomic E-state index is 6.72. The Bertz CT molecular complexity index is 3190. The van der Waals surface area contributed by atoms with E-state index in [-0.39, 0.29) is 0 Å². The molecule has 0 saturated carbocycles. The molecule has 254 valence electrons. The molecule has 2 nitrogen and oxygen atoms in total. The second-order valence-electron chi connectivity index (χ2n) is 14.4. The van der Waals surface area contributed by atoms with Gasteiger partial charge in [0.1, 0.15) is 5.58 Å². The number of benzene rings is 8. The first kappa shape index (κ1) is 30.4. The van der Waals surface area contributed by atoms with Gasteiger partial charge < -0.3 is 9.32 Å². The molecule has 0 bridgehead atoms. The number of thiophene rings is 1. The van der Waals surface area contributed by atoms with E-state index < -0.39 is 5.41 Å². The molecule has 4 heteroatoms. The molecule has 2 aliphatic rings. The molecule has 1 spiro atoms. The normalized spacial score (nSPS) is 15.5. The first-order valence-corrected chi connectivity index (χ1v) is 20.1. The summed E-state index contributed by atoms with van der Waals surface area (Å²) >= 11 is 3.81. The zero-order valence-corrected chi connectivity index (χ0v) is 31.0. The topological polar surface area (TPSA) is 16.4 Å². The Balaban J connectivity index is 1.18. The summed E-state index contributed by atoms with van der Waals surface area (Å²) in [6.07, 6.45) is 0. The van der Waals surface area contributed by atoms with Crippen molar-refractivity contribution in [3.05, 3.63) is 198 Å². The second-order valence-corrected chi connectivity index (χ2v) is 16.6. The Morgan fingerprint density at radius 2 is 1.20 bits per heavy atom. The molecule has 3 heterocycles. The van der Waals surface area contributed by atoms with Crippen LogP contribution in [-0.4, -0.2) is 0 Å². The van der Waals surface area contributed by atoms with Gasteiger partial charge in [-0.3, -0.25) is 0 Å². The van der Waals surface area contributed by atoms with Gasteiger partial charge in [-0.2, -0.15) is 0 Å². The summed E-state index contributed by atoms with van der Waals surface area (Å²) in [5.41, 5.74) is 13.6. The van der Waals surface area contributed by atoms with Crippen LogP contribution >= 0.6 is 23.1 Å². The Hall–Kier alpha value is -6.07. The highest BCUT2D eigenvalue weighted by Crippen LogP contribution is 2.63. The van der Waals surface area contributed by atoms with Crippen molar-refractivity contribution in [1.29, 1.82) is 0 Å². The maximum absolute atomic E-state index is 6.72. The van der Waals surface area contributed by atoms with Gasteiger partial charge in [0, 0.05) is 52.1 Å². The van der Waals surface area contributed by atoms with Crippen molar-refractivity contribution in [3.63, 3.8) is 0 Å². The predicted molar refractivity (Wildman–Crippen MR) is 227 cm³/mol. The van der Waals surface area contributed by atoms with Gasteiger partial charge in [0.2, 0.25) is 0 Å². The molecular formula is C50H31NOS2. The van der Waals surface area contributed by atoms with Crippen molar-refractivity contribution < 1.29 is 4.42 Å². The van der Waals surface area contributed by atoms with E-state index in [2.05, 4.69) is 176 Å². The quantitative estimate of drug-likeness (QED) is 0.180. The minimum Gasteiger partial charge on any atom is -0.454 e. The molecule has 1 aliphatic carbocycles. The third-order valence-corrected chi connectivity index (χ3v) is 13.9. The highest BCUT2D eigenvalue weighted by atomic mass is 32.2. The van der Waals surface area contributed by atoms with Gasteiger partial charge in [-0.15, -0.1) is 11.3 Å². The van der Waals surface area contributed by atoms with Gasteiger partial charge in [0.15, 0.2) is 5.58 Å². The lowest BCUT2D eigenvalue weighted by molar-refractivity contribution is 0.669. The number of nitrogens with zero attached hydrogens (tertiary/aromatic N) is 1. The minimum atomic E-state index is -0.508. The molecule has 1 atom stereocenters. The molecule has 10 aromatic rings. The number of hydrogen-bond acceptors (Lipinski definition) is 4. The summed E-state index contributed by atoms with van der Waals surface area (Å²) in [7, 11) is 0. The monoisotopic (exact) mass is 725 g/mol. The highest BCUT2D eigenvalue weighted by molar-refractivity contribution is 7.99. The smallest absolute Gasteiger partial charge is 0.159 e. The van der Waals surface area contributed by atoms with Crippen LogP contribution in [0.1, 0.15) is 27.8 Å². The molecule has 2 aromatic heterocycles. The number of hydrogen-bond donors (Lipinski definition) is 0. The third kappa shape index (κ3) is 4.02. The molecule has 0 radical (unpaired) electrons. The van der Waals surface area contributed by atoms with Crippen LogP contribution in [0.5, 0.6) is 0 Å². The van der Waals surface area contributed by atoms with E-state index in [1.807, 2.05) is 29.2 Å². The van der Waals surface area contributed by atoms with E-state index >= 15 is 0 Å². The summed E-state index contributed by atoms with van der Waals surface area (Å²) in [4.78, 5) is 5.04. The molecule has 0 N–H and O–H groups in total. The van der Waals surface area contributed by atoms with E-state index in [4.69, 9.17) is 4.42 Å². The van der Waals surface area contributed by atoms with Crippen LogP contribution in [0.2, 0.25) is 0 Å². The summed E-state index contributed by atoms with van der Waals surface area (Å²) in [6.45, 7) is 2.20. The van der Waals surface area contributed by atoms with Gasteiger partial charge in [-0.25, -0.2) is 0 Å². The average molecular weight is 726 g/mol. The fourth-order valence-electron chi connectivity index (χ4n) is 9.38. The summed E-state index contributed by atoms with van der Waals surface area (Å²) in [5.74, 6) is 0. The Kier molecular flexibility index (Phi) is 6.32. The predicted octanol–water partition coefficient (Wildman–Crippen LogP) is 14.6. The Labute approximate surface area is 320 Å². The number of anilines is 3. The second kappa shape index (κ2) is 11.2. The lowest BCUT2D eigenvalue weighted by Crippen LogP contribution is -2.32. The van der Waals surface area contributed by atoms with Crippen molar-refractivity contribution in [2.75, 3.05) is 4.90 Å². The van der Waals surface area contributed by atoms with Crippen LogP contribution in [0.15, 0.2) is 184 Å². The zero-order valence-electron chi connectivity index (χ0n) is 29.3. The molecule has 0 fully saturated rings.